The second kappa shape index (κ2) is 5.50. The minimum atomic E-state index is 0.120. The minimum absolute atomic E-state index is 0.120. The Labute approximate surface area is 114 Å². The molecule has 2 unspecified atom stereocenters. The zero-order valence-corrected chi connectivity index (χ0v) is 12.3. The Balaban J connectivity index is 2.24. The predicted molar refractivity (Wildman–Crippen MR) is 74.3 cm³/mol. The lowest BCUT2D eigenvalue weighted by atomic mass is 9.96. The summed E-state index contributed by atoms with van der Waals surface area (Å²) >= 11 is 4.91. The molecular weight excluding hydrogens is 300 g/mol. The summed E-state index contributed by atoms with van der Waals surface area (Å²) in [5, 5.41) is 1.93. The number of nitrogens with two attached hydrogens (primary N) is 1. The summed E-state index contributed by atoms with van der Waals surface area (Å²) in [6.07, 6.45) is 3.26. The van der Waals surface area contributed by atoms with E-state index in [-0.39, 0.29) is 11.9 Å². The summed E-state index contributed by atoms with van der Waals surface area (Å²) in [5.41, 5.74) is 5.78. The molecule has 0 radical (unpaired) electrons. The van der Waals surface area contributed by atoms with Gasteiger partial charge < -0.3 is 10.6 Å². The van der Waals surface area contributed by atoms with Gasteiger partial charge in [-0.2, -0.15) is 0 Å². The van der Waals surface area contributed by atoms with E-state index in [0.29, 0.717) is 12.6 Å². The van der Waals surface area contributed by atoms with Crippen molar-refractivity contribution in [2.45, 2.75) is 38.3 Å². The number of amides is 1. The maximum absolute atomic E-state index is 12.5. The molecular formula is C12H17BrN2OS. The van der Waals surface area contributed by atoms with E-state index in [1.807, 2.05) is 16.3 Å². The fourth-order valence-corrected chi connectivity index (χ4v) is 3.93. The van der Waals surface area contributed by atoms with Crippen molar-refractivity contribution in [3.63, 3.8) is 0 Å². The number of nitrogens with zero attached hydrogens (tertiary/aromatic N) is 1. The molecule has 17 heavy (non-hydrogen) atoms. The van der Waals surface area contributed by atoms with Crippen LogP contribution in [0.15, 0.2) is 15.9 Å². The molecule has 2 atom stereocenters. The van der Waals surface area contributed by atoms with Gasteiger partial charge in [-0.3, -0.25) is 4.79 Å². The SMILES string of the molecule is CC1CCCC(CN)N1C(=O)c1sccc1Br. The van der Waals surface area contributed by atoms with Crippen molar-refractivity contribution < 1.29 is 4.79 Å². The Hall–Kier alpha value is -0.390. The fraction of sp³-hybridized carbons (Fsp3) is 0.583. The van der Waals surface area contributed by atoms with Crippen molar-refractivity contribution in [1.29, 1.82) is 0 Å². The molecule has 2 rings (SSSR count). The van der Waals surface area contributed by atoms with E-state index in [2.05, 4.69) is 22.9 Å². The highest BCUT2D eigenvalue weighted by molar-refractivity contribution is 9.10. The topological polar surface area (TPSA) is 46.3 Å². The van der Waals surface area contributed by atoms with Crippen LogP contribution in [0.25, 0.3) is 0 Å². The summed E-state index contributed by atoms with van der Waals surface area (Å²) in [7, 11) is 0. The second-order valence-corrected chi connectivity index (χ2v) is 6.25. The van der Waals surface area contributed by atoms with Crippen LogP contribution in [0.5, 0.6) is 0 Å². The number of carbonyl (C=O) groups excluding carboxylic acids is 1. The van der Waals surface area contributed by atoms with Crippen LogP contribution in [0.3, 0.4) is 0 Å². The molecule has 0 spiro atoms. The van der Waals surface area contributed by atoms with E-state index >= 15 is 0 Å². The second-order valence-electron chi connectivity index (χ2n) is 4.48. The first kappa shape index (κ1) is 13.1. The number of halogens is 1. The fourth-order valence-electron chi connectivity index (χ4n) is 2.45. The van der Waals surface area contributed by atoms with Crippen molar-refractivity contribution in [2.24, 2.45) is 5.73 Å². The number of hydrogen-bond donors (Lipinski definition) is 1. The van der Waals surface area contributed by atoms with Gasteiger partial charge in [-0.05, 0) is 53.6 Å². The average Bonchev–Trinajstić information content (AvgIpc) is 2.74. The molecule has 1 fully saturated rings. The normalized spacial score (nSPS) is 25.0. The summed E-state index contributed by atoms with van der Waals surface area (Å²) in [6.45, 7) is 2.67. The smallest absolute Gasteiger partial charge is 0.265 e. The zero-order chi connectivity index (χ0) is 12.4. The van der Waals surface area contributed by atoms with E-state index in [0.717, 1.165) is 22.2 Å². The molecule has 0 aromatic carbocycles. The lowest BCUT2D eigenvalue weighted by molar-refractivity contribution is 0.0498. The van der Waals surface area contributed by atoms with E-state index in [4.69, 9.17) is 5.73 Å². The van der Waals surface area contributed by atoms with Gasteiger partial charge in [-0.25, -0.2) is 0 Å². The number of hydrogen-bond acceptors (Lipinski definition) is 3. The number of rotatable bonds is 2. The third kappa shape index (κ3) is 2.56. The lowest BCUT2D eigenvalue weighted by Crippen LogP contribution is -2.51. The highest BCUT2D eigenvalue weighted by Crippen LogP contribution is 2.29. The van der Waals surface area contributed by atoms with Crippen molar-refractivity contribution in [1.82, 2.24) is 4.90 Å². The van der Waals surface area contributed by atoms with Gasteiger partial charge in [0.05, 0.1) is 0 Å². The van der Waals surface area contributed by atoms with Crippen LogP contribution in [0.2, 0.25) is 0 Å². The molecule has 1 aromatic rings. The summed E-state index contributed by atoms with van der Waals surface area (Å²) < 4.78 is 0.890. The maximum atomic E-state index is 12.5. The molecule has 1 aliphatic rings. The summed E-state index contributed by atoms with van der Waals surface area (Å²) in [5.74, 6) is 0.120. The number of piperidine rings is 1. The van der Waals surface area contributed by atoms with E-state index < -0.39 is 0 Å². The number of carbonyl (C=O) groups is 1. The van der Waals surface area contributed by atoms with Crippen LogP contribution in [-0.2, 0) is 0 Å². The molecule has 2 heterocycles. The van der Waals surface area contributed by atoms with Crippen LogP contribution in [0.4, 0.5) is 0 Å². The molecule has 1 aromatic heterocycles. The Bertz CT molecular complexity index is 407. The number of thiophene rings is 1. The quantitative estimate of drug-likeness (QED) is 0.912. The van der Waals surface area contributed by atoms with Crippen molar-refractivity contribution in [3.05, 3.63) is 20.8 Å². The molecule has 94 valence electrons. The van der Waals surface area contributed by atoms with Gasteiger partial charge in [0.1, 0.15) is 4.88 Å². The Morgan fingerprint density at radius 3 is 3.00 bits per heavy atom. The molecule has 5 heteroatoms. The lowest BCUT2D eigenvalue weighted by Gasteiger charge is -2.40. The molecule has 2 N–H and O–H groups in total. The molecule has 1 aliphatic heterocycles. The van der Waals surface area contributed by atoms with Crippen LogP contribution < -0.4 is 5.73 Å². The Morgan fingerprint density at radius 2 is 2.41 bits per heavy atom. The Morgan fingerprint density at radius 1 is 1.65 bits per heavy atom. The van der Waals surface area contributed by atoms with Gasteiger partial charge in [-0.1, -0.05) is 0 Å². The van der Waals surface area contributed by atoms with Gasteiger partial charge in [0.25, 0.3) is 5.91 Å². The highest BCUT2D eigenvalue weighted by Gasteiger charge is 2.32. The first-order valence-electron chi connectivity index (χ1n) is 5.91. The van der Waals surface area contributed by atoms with Gasteiger partial charge in [0.2, 0.25) is 0 Å². The molecule has 1 saturated heterocycles. The van der Waals surface area contributed by atoms with Gasteiger partial charge >= 0.3 is 0 Å². The summed E-state index contributed by atoms with van der Waals surface area (Å²) in [4.78, 5) is 15.3. The Kier molecular flexibility index (Phi) is 4.22. The first-order valence-corrected chi connectivity index (χ1v) is 7.58. The van der Waals surface area contributed by atoms with Gasteiger partial charge in [-0.15, -0.1) is 11.3 Å². The van der Waals surface area contributed by atoms with Crippen LogP contribution in [-0.4, -0.2) is 29.4 Å². The largest absolute Gasteiger partial charge is 0.331 e. The van der Waals surface area contributed by atoms with Crippen molar-refractivity contribution in [2.75, 3.05) is 6.54 Å². The van der Waals surface area contributed by atoms with Crippen molar-refractivity contribution in [3.8, 4) is 0 Å². The van der Waals surface area contributed by atoms with Crippen LogP contribution in [0.1, 0.15) is 35.9 Å². The third-order valence-corrected chi connectivity index (χ3v) is 5.17. The van der Waals surface area contributed by atoms with Crippen LogP contribution in [0, 0.1) is 0 Å². The third-order valence-electron chi connectivity index (χ3n) is 3.35. The van der Waals surface area contributed by atoms with E-state index in [9.17, 15) is 4.79 Å². The van der Waals surface area contributed by atoms with Gasteiger partial charge in [0.15, 0.2) is 0 Å². The average molecular weight is 317 g/mol. The standard InChI is InChI=1S/C12H17BrN2OS/c1-8-3-2-4-9(7-14)15(8)12(16)11-10(13)5-6-17-11/h5-6,8-9H,2-4,7,14H2,1H3. The zero-order valence-electron chi connectivity index (χ0n) is 9.86. The monoisotopic (exact) mass is 316 g/mol. The predicted octanol–water partition coefficient (Wildman–Crippen LogP) is 2.85. The summed E-state index contributed by atoms with van der Waals surface area (Å²) in [6, 6.07) is 2.41. The molecule has 0 aliphatic carbocycles. The molecule has 0 bridgehead atoms. The van der Waals surface area contributed by atoms with Crippen LogP contribution >= 0.6 is 27.3 Å². The minimum Gasteiger partial charge on any atom is -0.331 e. The number of likely N-dealkylation sites (tertiary alicyclic amines) is 1. The highest BCUT2D eigenvalue weighted by atomic mass is 79.9. The van der Waals surface area contributed by atoms with Gasteiger partial charge in [0, 0.05) is 23.1 Å². The van der Waals surface area contributed by atoms with E-state index in [1.54, 1.807) is 0 Å². The van der Waals surface area contributed by atoms with Crippen molar-refractivity contribution >= 4 is 33.2 Å². The molecule has 1 amide bonds. The van der Waals surface area contributed by atoms with E-state index in [1.165, 1.54) is 17.8 Å². The maximum Gasteiger partial charge on any atom is 0.265 e. The first-order chi connectivity index (χ1) is 8.15. The molecule has 0 saturated carbocycles. The molecule has 3 nitrogen and oxygen atoms in total.